The third kappa shape index (κ3) is 5.08. The van der Waals surface area contributed by atoms with Crippen molar-refractivity contribution in [2.24, 2.45) is 0 Å². The first-order chi connectivity index (χ1) is 13.1. The van der Waals surface area contributed by atoms with Crippen LogP contribution in [0.25, 0.3) is 0 Å². The Hall–Kier alpha value is -1.92. The molecule has 144 valence electrons. The Bertz CT molecular complexity index is 830. The first kappa shape index (κ1) is 19.8. The standard InChI is InChI=1S/C21H26N2O2S2/c1-3-25-20(24)18-16-11-6-4-5-7-12-17(16)27-19(18)23-21(26)22-15-10-8-9-14(2)13-15/h8-10,13H,3-7,11-12H2,1-2H3,(H2,22,23,26). The van der Waals surface area contributed by atoms with Crippen molar-refractivity contribution in [2.45, 2.75) is 52.4 Å². The van der Waals surface area contributed by atoms with Crippen LogP contribution in [0.3, 0.4) is 0 Å². The van der Waals surface area contributed by atoms with Crippen molar-refractivity contribution in [1.29, 1.82) is 0 Å². The van der Waals surface area contributed by atoms with Crippen LogP contribution in [-0.4, -0.2) is 17.7 Å². The maximum atomic E-state index is 12.7. The summed E-state index contributed by atoms with van der Waals surface area (Å²) in [5.74, 6) is -0.253. The summed E-state index contributed by atoms with van der Waals surface area (Å²) in [6.45, 7) is 4.25. The summed E-state index contributed by atoms with van der Waals surface area (Å²) in [7, 11) is 0. The molecule has 0 fully saturated rings. The molecule has 0 unspecified atom stereocenters. The zero-order valence-corrected chi connectivity index (χ0v) is 17.5. The maximum Gasteiger partial charge on any atom is 0.341 e. The summed E-state index contributed by atoms with van der Waals surface area (Å²) in [5.41, 5.74) is 3.92. The molecule has 6 heteroatoms. The molecule has 27 heavy (non-hydrogen) atoms. The highest BCUT2D eigenvalue weighted by atomic mass is 32.1. The van der Waals surface area contributed by atoms with Crippen LogP contribution >= 0.6 is 23.6 Å². The first-order valence-corrected chi connectivity index (χ1v) is 10.8. The Labute approximate surface area is 170 Å². The van der Waals surface area contributed by atoms with E-state index in [-0.39, 0.29) is 5.97 Å². The van der Waals surface area contributed by atoms with E-state index in [0.29, 0.717) is 17.3 Å². The van der Waals surface area contributed by atoms with Gasteiger partial charge >= 0.3 is 5.97 Å². The van der Waals surface area contributed by atoms with E-state index < -0.39 is 0 Å². The van der Waals surface area contributed by atoms with Gasteiger partial charge in [-0.3, -0.25) is 0 Å². The van der Waals surface area contributed by atoms with E-state index in [4.69, 9.17) is 17.0 Å². The van der Waals surface area contributed by atoms with E-state index >= 15 is 0 Å². The summed E-state index contributed by atoms with van der Waals surface area (Å²) in [5, 5.41) is 7.75. The van der Waals surface area contributed by atoms with Crippen molar-refractivity contribution in [3.8, 4) is 0 Å². The van der Waals surface area contributed by atoms with Gasteiger partial charge in [-0.15, -0.1) is 11.3 Å². The number of rotatable bonds is 4. The van der Waals surface area contributed by atoms with Gasteiger partial charge in [0, 0.05) is 10.6 Å². The van der Waals surface area contributed by atoms with Gasteiger partial charge in [-0.05, 0) is 75.0 Å². The van der Waals surface area contributed by atoms with Gasteiger partial charge in [-0.1, -0.05) is 25.0 Å². The molecule has 1 heterocycles. The van der Waals surface area contributed by atoms with Crippen LogP contribution in [0.5, 0.6) is 0 Å². The third-order valence-corrected chi connectivity index (χ3v) is 6.07. The SMILES string of the molecule is CCOC(=O)c1c(NC(=S)Nc2cccc(C)c2)sc2c1CCCCCC2. The lowest BCUT2D eigenvalue weighted by molar-refractivity contribution is 0.0526. The molecule has 1 aliphatic carbocycles. The minimum absolute atomic E-state index is 0.253. The van der Waals surface area contributed by atoms with Crippen LogP contribution in [0.15, 0.2) is 24.3 Å². The molecule has 0 bridgehead atoms. The molecule has 1 aromatic heterocycles. The number of carbonyl (C=O) groups is 1. The van der Waals surface area contributed by atoms with E-state index in [0.717, 1.165) is 41.1 Å². The highest BCUT2D eigenvalue weighted by molar-refractivity contribution is 7.80. The number of hydrogen-bond acceptors (Lipinski definition) is 4. The summed E-state index contributed by atoms with van der Waals surface area (Å²) < 4.78 is 5.34. The van der Waals surface area contributed by atoms with Crippen molar-refractivity contribution >= 4 is 45.3 Å². The van der Waals surface area contributed by atoms with Gasteiger partial charge in [0.25, 0.3) is 0 Å². The normalized spacial score (nSPS) is 13.9. The fourth-order valence-electron chi connectivity index (χ4n) is 3.41. The van der Waals surface area contributed by atoms with Gasteiger partial charge in [0.2, 0.25) is 0 Å². The predicted molar refractivity (Wildman–Crippen MR) is 117 cm³/mol. The van der Waals surface area contributed by atoms with Gasteiger partial charge in [0.15, 0.2) is 5.11 Å². The molecule has 0 aliphatic heterocycles. The van der Waals surface area contributed by atoms with Crippen LogP contribution in [0.4, 0.5) is 10.7 Å². The van der Waals surface area contributed by atoms with Crippen LogP contribution in [0, 0.1) is 6.92 Å². The molecule has 0 radical (unpaired) electrons. The van der Waals surface area contributed by atoms with Crippen molar-refractivity contribution in [3.63, 3.8) is 0 Å². The van der Waals surface area contributed by atoms with E-state index in [1.807, 2.05) is 38.1 Å². The molecule has 1 aromatic carbocycles. The molecule has 3 rings (SSSR count). The zero-order valence-electron chi connectivity index (χ0n) is 15.9. The second-order valence-corrected chi connectivity index (χ2v) is 8.30. The lowest BCUT2D eigenvalue weighted by Crippen LogP contribution is -2.20. The second kappa shape index (κ2) is 9.33. The molecule has 0 amide bonds. The Morgan fingerprint density at radius 3 is 2.70 bits per heavy atom. The van der Waals surface area contributed by atoms with Gasteiger partial charge in [0.1, 0.15) is 5.00 Å². The largest absolute Gasteiger partial charge is 0.462 e. The number of anilines is 2. The van der Waals surface area contributed by atoms with E-state index in [1.54, 1.807) is 11.3 Å². The number of aryl methyl sites for hydroxylation is 2. The smallest absolute Gasteiger partial charge is 0.341 e. The number of carbonyl (C=O) groups excluding carboxylic acids is 1. The summed E-state index contributed by atoms with van der Waals surface area (Å²) in [6, 6.07) is 8.04. The minimum atomic E-state index is -0.253. The Morgan fingerprint density at radius 1 is 1.19 bits per heavy atom. The molecule has 0 saturated carbocycles. The molecule has 4 nitrogen and oxygen atoms in total. The first-order valence-electron chi connectivity index (χ1n) is 9.54. The summed E-state index contributed by atoms with van der Waals surface area (Å²) in [6.07, 6.45) is 6.70. The van der Waals surface area contributed by atoms with Crippen LogP contribution in [0.1, 0.15) is 59.0 Å². The van der Waals surface area contributed by atoms with Crippen molar-refractivity contribution in [2.75, 3.05) is 17.2 Å². The summed E-state index contributed by atoms with van der Waals surface area (Å²) in [4.78, 5) is 14.0. The summed E-state index contributed by atoms with van der Waals surface area (Å²) >= 11 is 7.14. The van der Waals surface area contributed by atoms with Gasteiger partial charge in [0.05, 0.1) is 12.2 Å². The van der Waals surface area contributed by atoms with Crippen molar-refractivity contribution in [3.05, 3.63) is 45.8 Å². The lowest BCUT2D eigenvalue weighted by Gasteiger charge is -2.13. The average Bonchev–Trinajstić information content (AvgIpc) is 2.91. The number of ether oxygens (including phenoxy) is 1. The van der Waals surface area contributed by atoms with Gasteiger partial charge < -0.3 is 15.4 Å². The van der Waals surface area contributed by atoms with Crippen molar-refractivity contribution < 1.29 is 9.53 Å². The maximum absolute atomic E-state index is 12.7. The molecule has 1 aliphatic rings. The fraction of sp³-hybridized carbons (Fsp3) is 0.429. The topological polar surface area (TPSA) is 50.4 Å². The third-order valence-electron chi connectivity index (χ3n) is 4.65. The number of hydrogen-bond donors (Lipinski definition) is 2. The number of thiophene rings is 1. The minimum Gasteiger partial charge on any atom is -0.462 e. The Morgan fingerprint density at radius 2 is 1.96 bits per heavy atom. The molecule has 2 aromatic rings. The Kier molecular flexibility index (Phi) is 6.85. The molecular weight excluding hydrogens is 376 g/mol. The second-order valence-electron chi connectivity index (χ2n) is 6.79. The van der Waals surface area contributed by atoms with Crippen LogP contribution in [0.2, 0.25) is 0 Å². The zero-order chi connectivity index (χ0) is 19.2. The molecule has 0 spiro atoms. The number of thiocarbonyl (C=S) groups is 1. The van der Waals surface area contributed by atoms with Crippen molar-refractivity contribution in [1.82, 2.24) is 0 Å². The van der Waals surface area contributed by atoms with E-state index in [2.05, 4.69) is 10.6 Å². The molecule has 0 atom stereocenters. The fourth-order valence-corrected chi connectivity index (χ4v) is 4.98. The number of fused-ring (bicyclic) bond motifs is 1. The van der Waals surface area contributed by atoms with Crippen LogP contribution in [-0.2, 0) is 17.6 Å². The number of esters is 1. The predicted octanol–water partition coefficient (Wildman–Crippen LogP) is 5.70. The van der Waals surface area contributed by atoms with Gasteiger partial charge in [-0.2, -0.15) is 0 Å². The monoisotopic (exact) mass is 402 g/mol. The molecule has 2 N–H and O–H groups in total. The van der Waals surface area contributed by atoms with E-state index in [9.17, 15) is 4.79 Å². The lowest BCUT2D eigenvalue weighted by atomic mass is 9.96. The number of benzene rings is 1. The Balaban J connectivity index is 1.85. The van der Waals surface area contributed by atoms with Crippen LogP contribution < -0.4 is 10.6 Å². The van der Waals surface area contributed by atoms with E-state index in [1.165, 1.54) is 24.1 Å². The van der Waals surface area contributed by atoms with Gasteiger partial charge in [-0.25, -0.2) is 4.79 Å². The average molecular weight is 403 g/mol. The highest BCUT2D eigenvalue weighted by Gasteiger charge is 2.25. The molecular formula is C21H26N2O2S2. The highest BCUT2D eigenvalue weighted by Crippen LogP contribution is 2.37. The quantitative estimate of drug-likeness (QED) is 0.507. The molecule has 0 saturated heterocycles. The number of nitrogens with one attached hydrogen (secondary N) is 2.